The summed E-state index contributed by atoms with van der Waals surface area (Å²) < 4.78 is 6.84. The van der Waals surface area contributed by atoms with Crippen LogP contribution in [0, 0.1) is 22.0 Å². The van der Waals surface area contributed by atoms with Crippen LogP contribution >= 0.6 is 0 Å². The molecule has 0 spiro atoms. The van der Waals surface area contributed by atoms with Crippen LogP contribution in [-0.2, 0) is 0 Å². The summed E-state index contributed by atoms with van der Waals surface area (Å²) in [6.07, 6.45) is 2.28. The molecule has 4 aromatic heterocycles. The maximum absolute atomic E-state index is 13.6. The Labute approximate surface area is 225 Å². The number of pyridine rings is 2. The smallest absolute Gasteiger partial charge is 0.254 e. The van der Waals surface area contributed by atoms with Crippen molar-refractivity contribution in [2.75, 3.05) is 29.9 Å². The molecule has 1 atom stereocenters. The molecule has 39 heavy (non-hydrogen) atoms. The number of hydrogen-bond acceptors (Lipinski definition) is 9. The van der Waals surface area contributed by atoms with E-state index in [2.05, 4.69) is 39.2 Å². The average Bonchev–Trinajstić information content (AvgIpc) is 3.26. The van der Waals surface area contributed by atoms with Crippen LogP contribution in [0.5, 0.6) is 5.88 Å². The van der Waals surface area contributed by atoms with E-state index in [0.717, 1.165) is 4.85 Å². The third-order valence-corrected chi connectivity index (χ3v) is 7.02. The highest BCUT2D eigenvalue weighted by Gasteiger charge is 2.38. The topological polar surface area (TPSA) is 161 Å². The predicted octanol–water partition coefficient (Wildman–Crippen LogP) is 2.51. The van der Waals surface area contributed by atoms with Crippen LogP contribution in [0.3, 0.4) is 0 Å². The van der Waals surface area contributed by atoms with Crippen molar-refractivity contribution in [2.24, 2.45) is 11.1 Å². The minimum absolute atomic E-state index is 0.0956. The van der Waals surface area contributed by atoms with Crippen molar-refractivity contribution in [1.82, 2.24) is 19.7 Å². The van der Waals surface area contributed by atoms with Crippen molar-refractivity contribution in [3.63, 3.8) is 0 Å². The maximum atomic E-state index is 13.6. The molecule has 1 saturated heterocycles. The van der Waals surface area contributed by atoms with Crippen LogP contribution in [0.1, 0.15) is 43.2 Å². The van der Waals surface area contributed by atoms with Gasteiger partial charge in [-0.05, 0) is 43.7 Å². The lowest BCUT2D eigenvalue weighted by molar-refractivity contribution is -0.664. The zero-order chi connectivity index (χ0) is 27.7. The van der Waals surface area contributed by atoms with Gasteiger partial charge < -0.3 is 25.9 Å². The number of aromatic nitrogens is 5. The number of anilines is 2. The molecular weight excluding hydrogens is 498 g/mol. The van der Waals surface area contributed by atoms with E-state index in [1.807, 2.05) is 13.0 Å². The lowest BCUT2D eigenvalue weighted by Crippen LogP contribution is -2.52. The number of fused-ring (bicyclic) bond motifs is 1. The number of rotatable bonds is 7. The Bertz CT molecular complexity index is 1560. The summed E-state index contributed by atoms with van der Waals surface area (Å²) >= 11 is 0. The summed E-state index contributed by atoms with van der Waals surface area (Å²) in [5.74, 6) is 0.864. The first-order valence-electron chi connectivity index (χ1n) is 12.6. The quantitative estimate of drug-likeness (QED) is 0.272. The Balaban J connectivity index is 1.48. The van der Waals surface area contributed by atoms with Gasteiger partial charge >= 0.3 is 0 Å². The Hall–Kier alpha value is -4.92. The third kappa shape index (κ3) is 4.86. The second kappa shape index (κ2) is 10.1. The molecule has 1 fully saturated rings. The van der Waals surface area contributed by atoms with Crippen molar-refractivity contribution in [3.05, 3.63) is 65.1 Å². The van der Waals surface area contributed by atoms with Crippen molar-refractivity contribution < 1.29 is 14.4 Å². The first kappa shape index (κ1) is 25.7. The van der Waals surface area contributed by atoms with Gasteiger partial charge in [0, 0.05) is 42.9 Å². The number of carbonyl (C=O) groups excluding carboxylic acids is 1. The van der Waals surface area contributed by atoms with E-state index in [0.29, 0.717) is 60.4 Å². The normalized spacial score (nSPS) is 16.6. The molecule has 12 nitrogen and oxygen atoms in total. The highest BCUT2D eigenvalue weighted by molar-refractivity contribution is 5.98. The number of carbonyl (C=O) groups is 1. The van der Waals surface area contributed by atoms with E-state index in [-0.39, 0.29) is 22.7 Å². The van der Waals surface area contributed by atoms with Crippen LogP contribution in [0.25, 0.3) is 16.8 Å². The molecule has 1 aliphatic rings. The van der Waals surface area contributed by atoms with Gasteiger partial charge in [0.1, 0.15) is 11.6 Å². The summed E-state index contributed by atoms with van der Waals surface area (Å²) in [6.45, 7) is 7.88. The number of ether oxygens (including phenoxy) is 1. The van der Waals surface area contributed by atoms with Gasteiger partial charge in [0.15, 0.2) is 17.3 Å². The largest absolute Gasteiger partial charge is 0.595 e. The Morgan fingerprint density at radius 1 is 1.28 bits per heavy atom. The summed E-state index contributed by atoms with van der Waals surface area (Å²) in [7, 11) is 0. The van der Waals surface area contributed by atoms with Crippen LogP contribution in [0.15, 0.2) is 48.7 Å². The van der Waals surface area contributed by atoms with E-state index < -0.39 is 5.91 Å². The van der Waals surface area contributed by atoms with Crippen molar-refractivity contribution >= 4 is 23.1 Å². The SMILES string of the molecule is CCOc1ccc(-c2cc3ccc(C(N)=O)c(N[C@@H]4CCN(c5ccc(C#N)nn5)CC4(C)C)n3[n+]2[O-])cn1. The van der Waals surface area contributed by atoms with Crippen molar-refractivity contribution in [3.8, 4) is 23.2 Å². The first-order chi connectivity index (χ1) is 18.7. The fourth-order valence-corrected chi connectivity index (χ4v) is 5.00. The molecule has 0 radical (unpaired) electrons. The van der Waals surface area contributed by atoms with Crippen LogP contribution < -0.4 is 25.5 Å². The zero-order valence-corrected chi connectivity index (χ0v) is 22.0. The van der Waals surface area contributed by atoms with Crippen LogP contribution in [-0.4, -0.2) is 51.3 Å². The number of piperidine rings is 1. The van der Waals surface area contributed by atoms with Gasteiger partial charge in [-0.1, -0.05) is 23.2 Å². The molecule has 200 valence electrons. The minimum Gasteiger partial charge on any atom is -0.595 e. The van der Waals surface area contributed by atoms with Gasteiger partial charge in [-0.25, -0.2) is 4.98 Å². The monoisotopic (exact) mass is 527 g/mol. The number of primary amides is 1. The van der Waals surface area contributed by atoms with Crippen LogP contribution in [0.4, 0.5) is 11.6 Å². The molecule has 5 rings (SSSR count). The minimum atomic E-state index is -0.638. The van der Waals surface area contributed by atoms with Gasteiger partial charge in [-0.2, -0.15) is 5.26 Å². The molecule has 12 heteroatoms. The number of amides is 1. The Morgan fingerprint density at radius 3 is 2.72 bits per heavy atom. The molecule has 0 aromatic carbocycles. The van der Waals surface area contributed by atoms with E-state index in [9.17, 15) is 10.0 Å². The third-order valence-electron chi connectivity index (χ3n) is 7.02. The Kier molecular flexibility index (Phi) is 6.66. The number of nitrogens with two attached hydrogens (primary N) is 1. The summed E-state index contributed by atoms with van der Waals surface area (Å²) in [4.78, 5) is 19.6. The molecule has 5 heterocycles. The van der Waals surface area contributed by atoms with Gasteiger partial charge in [0.25, 0.3) is 11.6 Å². The van der Waals surface area contributed by atoms with E-state index >= 15 is 0 Å². The lowest BCUT2D eigenvalue weighted by atomic mass is 9.79. The second-order valence-electron chi connectivity index (χ2n) is 10.1. The van der Waals surface area contributed by atoms with Crippen molar-refractivity contribution in [2.45, 2.75) is 33.2 Å². The van der Waals surface area contributed by atoms with Gasteiger partial charge in [-0.15, -0.1) is 10.2 Å². The summed E-state index contributed by atoms with van der Waals surface area (Å²) in [6, 6.07) is 13.9. The maximum Gasteiger partial charge on any atom is 0.254 e. The van der Waals surface area contributed by atoms with Gasteiger partial charge in [-0.3, -0.25) is 4.79 Å². The summed E-state index contributed by atoms with van der Waals surface area (Å²) in [5.41, 5.74) is 7.51. The average molecular weight is 528 g/mol. The molecule has 1 aliphatic heterocycles. The fourth-order valence-electron chi connectivity index (χ4n) is 5.00. The molecule has 0 unspecified atom stereocenters. The summed E-state index contributed by atoms with van der Waals surface area (Å²) in [5, 5.41) is 34.2. The number of hydrogen-bond donors (Lipinski definition) is 2. The number of nitrogens with zero attached hydrogens (tertiary/aromatic N) is 7. The fraction of sp³-hybridized carbons (Fsp3) is 0.333. The Morgan fingerprint density at radius 2 is 2.10 bits per heavy atom. The second-order valence-corrected chi connectivity index (χ2v) is 10.1. The van der Waals surface area contributed by atoms with E-state index in [1.54, 1.807) is 48.7 Å². The highest BCUT2D eigenvalue weighted by atomic mass is 16.5. The van der Waals surface area contributed by atoms with Gasteiger partial charge in [0.2, 0.25) is 5.88 Å². The molecule has 0 saturated carbocycles. The molecule has 4 aromatic rings. The molecular formula is C27H29N9O3. The molecule has 0 bridgehead atoms. The number of nitrogens with one attached hydrogen (secondary N) is 1. The first-order valence-corrected chi connectivity index (χ1v) is 12.6. The predicted molar refractivity (Wildman–Crippen MR) is 144 cm³/mol. The number of nitriles is 1. The van der Waals surface area contributed by atoms with Gasteiger partial charge in [0.05, 0.1) is 17.7 Å². The zero-order valence-electron chi connectivity index (χ0n) is 22.0. The van der Waals surface area contributed by atoms with Crippen LogP contribution in [0.2, 0.25) is 0 Å². The van der Waals surface area contributed by atoms with Crippen molar-refractivity contribution in [1.29, 1.82) is 5.26 Å². The standard InChI is InChI=1S/C27H29N9O3/c1-4-39-24-10-5-17(15-30-24)21-13-19-7-8-20(25(29)37)26(35(19)36(21)38)31-22-11-12-34(16-27(22,2)3)23-9-6-18(14-28)32-33-23/h5-10,13,15,22,31H,4,11-12,16H2,1-3H3,(H2,29,37)/t22-/m1/s1. The molecule has 3 N–H and O–H groups in total. The molecule has 0 aliphatic carbocycles. The highest BCUT2D eigenvalue weighted by Crippen LogP contribution is 2.34. The van der Waals surface area contributed by atoms with E-state index in [4.69, 9.17) is 15.7 Å². The van der Waals surface area contributed by atoms with E-state index in [1.165, 1.54) is 4.52 Å². The lowest BCUT2D eigenvalue weighted by Gasteiger charge is -2.45. The molecule has 1 amide bonds.